The fourth-order valence-electron chi connectivity index (χ4n) is 2.78. The Morgan fingerprint density at radius 3 is 2.60 bits per heavy atom. The van der Waals surface area contributed by atoms with Gasteiger partial charge in [-0.2, -0.15) is 0 Å². The van der Waals surface area contributed by atoms with Gasteiger partial charge in [0, 0.05) is 18.3 Å². The van der Waals surface area contributed by atoms with Crippen LogP contribution in [0, 0.1) is 6.92 Å². The molecule has 0 bridgehead atoms. The molecule has 0 radical (unpaired) electrons. The van der Waals surface area contributed by atoms with Gasteiger partial charge in [0.2, 0.25) is 0 Å². The number of hydrogen-bond donors (Lipinski definition) is 1. The molecule has 20 heavy (non-hydrogen) atoms. The van der Waals surface area contributed by atoms with Crippen molar-refractivity contribution in [3.63, 3.8) is 0 Å². The van der Waals surface area contributed by atoms with Crippen molar-refractivity contribution in [3.05, 3.63) is 5.82 Å². The molecule has 1 saturated carbocycles. The molecule has 0 saturated heterocycles. The largest absolute Gasteiger partial charge is 0.313 e. The summed E-state index contributed by atoms with van der Waals surface area (Å²) in [5, 5.41) is 14.0. The Hall–Kier alpha value is -0.550. The first-order chi connectivity index (χ1) is 9.72. The van der Waals surface area contributed by atoms with E-state index in [1.165, 1.54) is 44.9 Å². The van der Waals surface area contributed by atoms with Crippen LogP contribution >= 0.6 is 11.8 Å². The highest BCUT2D eigenvalue weighted by molar-refractivity contribution is 7.99. The highest BCUT2D eigenvalue weighted by Gasteiger charge is 2.25. The van der Waals surface area contributed by atoms with E-state index in [9.17, 15) is 0 Å². The van der Waals surface area contributed by atoms with E-state index in [0.29, 0.717) is 11.3 Å². The summed E-state index contributed by atoms with van der Waals surface area (Å²) < 4.78 is 2.11. The number of hydrogen-bond acceptors (Lipinski definition) is 4. The molecule has 5 heteroatoms. The average molecular weight is 296 g/mol. The zero-order valence-electron chi connectivity index (χ0n) is 13.1. The number of nitrogens with one attached hydrogen (secondary N) is 1. The molecule has 1 aromatic heterocycles. The highest BCUT2D eigenvalue weighted by atomic mass is 32.2. The molecule has 2 unspecified atom stereocenters. The van der Waals surface area contributed by atoms with Crippen LogP contribution in [0.3, 0.4) is 0 Å². The predicted molar refractivity (Wildman–Crippen MR) is 85.2 cm³/mol. The second-order valence-electron chi connectivity index (χ2n) is 5.80. The molecule has 2 atom stereocenters. The molecule has 0 aliphatic heterocycles. The molecule has 1 aliphatic carbocycles. The SMILES string of the molecule is CCCNC1CCCCCCC1Sc1nnc(C)n1C. The van der Waals surface area contributed by atoms with E-state index in [1.54, 1.807) is 0 Å². The van der Waals surface area contributed by atoms with Crippen molar-refractivity contribution >= 4 is 11.8 Å². The van der Waals surface area contributed by atoms with E-state index in [0.717, 1.165) is 17.5 Å². The molecule has 1 heterocycles. The molecule has 1 N–H and O–H groups in total. The summed E-state index contributed by atoms with van der Waals surface area (Å²) in [5.41, 5.74) is 0. The molecule has 1 fully saturated rings. The van der Waals surface area contributed by atoms with Crippen molar-refractivity contribution in [3.8, 4) is 0 Å². The first-order valence-corrected chi connectivity index (χ1v) is 8.86. The van der Waals surface area contributed by atoms with Gasteiger partial charge in [-0.3, -0.25) is 0 Å². The van der Waals surface area contributed by atoms with Gasteiger partial charge in [-0.25, -0.2) is 0 Å². The molecular formula is C15H28N4S. The van der Waals surface area contributed by atoms with Crippen molar-refractivity contribution in [1.82, 2.24) is 20.1 Å². The summed E-state index contributed by atoms with van der Waals surface area (Å²) >= 11 is 1.92. The normalized spacial score (nSPS) is 24.4. The lowest BCUT2D eigenvalue weighted by Gasteiger charge is -2.29. The zero-order chi connectivity index (χ0) is 14.4. The van der Waals surface area contributed by atoms with Crippen LogP contribution < -0.4 is 5.32 Å². The Bertz CT molecular complexity index is 403. The molecule has 1 aliphatic rings. The number of nitrogens with zero attached hydrogens (tertiary/aromatic N) is 3. The topological polar surface area (TPSA) is 42.7 Å². The molecule has 1 aromatic rings. The van der Waals surface area contributed by atoms with Gasteiger partial charge in [0.15, 0.2) is 5.16 Å². The van der Waals surface area contributed by atoms with E-state index in [-0.39, 0.29) is 0 Å². The molecule has 4 nitrogen and oxygen atoms in total. The van der Waals surface area contributed by atoms with Gasteiger partial charge in [-0.15, -0.1) is 10.2 Å². The minimum Gasteiger partial charge on any atom is -0.313 e. The smallest absolute Gasteiger partial charge is 0.191 e. The monoisotopic (exact) mass is 296 g/mol. The van der Waals surface area contributed by atoms with E-state index >= 15 is 0 Å². The Labute approximate surface area is 127 Å². The highest BCUT2D eigenvalue weighted by Crippen LogP contribution is 2.31. The maximum atomic E-state index is 4.33. The summed E-state index contributed by atoms with van der Waals surface area (Å²) in [5.74, 6) is 0.997. The molecule has 2 rings (SSSR count). The number of aromatic nitrogens is 3. The Morgan fingerprint density at radius 1 is 1.20 bits per heavy atom. The predicted octanol–water partition coefficient (Wildman–Crippen LogP) is 3.31. The quantitative estimate of drug-likeness (QED) is 0.905. The maximum Gasteiger partial charge on any atom is 0.191 e. The molecule has 114 valence electrons. The lowest BCUT2D eigenvalue weighted by Crippen LogP contribution is -2.39. The van der Waals surface area contributed by atoms with Crippen LogP contribution in [0.2, 0.25) is 0 Å². The third kappa shape index (κ3) is 4.22. The van der Waals surface area contributed by atoms with Gasteiger partial charge >= 0.3 is 0 Å². The van der Waals surface area contributed by atoms with E-state index in [4.69, 9.17) is 0 Å². The van der Waals surface area contributed by atoms with Gasteiger partial charge in [-0.1, -0.05) is 44.4 Å². The first-order valence-electron chi connectivity index (χ1n) is 7.98. The van der Waals surface area contributed by atoms with Crippen molar-refractivity contribution in [2.45, 2.75) is 75.2 Å². The maximum absolute atomic E-state index is 4.33. The fourth-order valence-corrected chi connectivity index (χ4v) is 4.11. The third-order valence-corrected chi connectivity index (χ3v) is 5.60. The molecule has 0 aromatic carbocycles. The minimum atomic E-state index is 0.622. The van der Waals surface area contributed by atoms with Gasteiger partial charge in [-0.05, 0) is 32.7 Å². The van der Waals surface area contributed by atoms with Crippen LogP contribution in [0.25, 0.3) is 0 Å². The van der Waals surface area contributed by atoms with Crippen LogP contribution in [-0.2, 0) is 7.05 Å². The Kier molecular flexibility index (Phi) is 6.36. The fraction of sp³-hybridized carbons (Fsp3) is 0.867. The van der Waals surface area contributed by atoms with E-state index in [2.05, 4.69) is 34.1 Å². The number of aryl methyl sites for hydroxylation is 1. The van der Waals surface area contributed by atoms with Crippen LogP contribution in [0.1, 0.15) is 57.7 Å². The van der Waals surface area contributed by atoms with Gasteiger partial charge < -0.3 is 9.88 Å². The minimum absolute atomic E-state index is 0.622. The van der Waals surface area contributed by atoms with Crippen molar-refractivity contribution in [2.24, 2.45) is 7.05 Å². The summed E-state index contributed by atoms with van der Waals surface area (Å²) in [6.45, 7) is 5.38. The zero-order valence-corrected chi connectivity index (χ0v) is 13.9. The summed E-state index contributed by atoms with van der Waals surface area (Å²) in [7, 11) is 2.06. The standard InChI is InChI=1S/C15H28N4S/c1-4-11-16-13-9-7-5-6-8-10-14(13)20-15-18-17-12(2)19(15)3/h13-14,16H,4-11H2,1-3H3. The Morgan fingerprint density at radius 2 is 1.95 bits per heavy atom. The second kappa shape index (κ2) is 8.03. The van der Waals surface area contributed by atoms with Gasteiger partial charge in [0.25, 0.3) is 0 Å². The number of rotatable bonds is 5. The van der Waals surface area contributed by atoms with Gasteiger partial charge in [0.1, 0.15) is 5.82 Å². The van der Waals surface area contributed by atoms with E-state index < -0.39 is 0 Å². The molecular weight excluding hydrogens is 268 g/mol. The van der Waals surface area contributed by atoms with Crippen LogP contribution in [-0.4, -0.2) is 32.6 Å². The average Bonchev–Trinajstić information content (AvgIpc) is 2.73. The van der Waals surface area contributed by atoms with E-state index in [1.807, 2.05) is 18.7 Å². The summed E-state index contributed by atoms with van der Waals surface area (Å²) in [6, 6.07) is 0.622. The number of thioether (sulfide) groups is 1. The van der Waals surface area contributed by atoms with Crippen molar-refractivity contribution in [1.29, 1.82) is 0 Å². The third-order valence-electron chi connectivity index (χ3n) is 4.17. The van der Waals surface area contributed by atoms with Crippen LogP contribution in [0.5, 0.6) is 0 Å². The lowest BCUT2D eigenvalue weighted by molar-refractivity contribution is 0.399. The molecule has 0 amide bonds. The second-order valence-corrected chi connectivity index (χ2v) is 7.00. The summed E-state index contributed by atoms with van der Waals surface area (Å²) in [6.07, 6.45) is 9.28. The summed E-state index contributed by atoms with van der Waals surface area (Å²) in [4.78, 5) is 0. The van der Waals surface area contributed by atoms with Crippen LogP contribution in [0.15, 0.2) is 5.16 Å². The van der Waals surface area contributed by atoms with Crippen molar-refractivity contribution in [2.75, 3.05) is 6.54 Å². The van der Waals surface area contributed by atoms with Gasteiger partial charge in [0.05, 0.1) is 0 Å². The molecule has 0 spiro atoms. The van der Waals surface area contributed by atoms with Crippen molar-refractivity contribution < 1.29 is 0 Å². The lowest BCUT2D eigenvalue weighted by atomic mass is 9.96. The first kappa shape index (κ1) is 15.8. The Balaban J connectivity index is 2.03. The van der Waals surface area contributed by atoms with Crippen LogP contribution in [0.4, 0.5) is 0 Å².